The second-order valence-corrected chi connectivity index (χ2v) is 13.8. The second-order valence-electron chi connectivity index (χ2n) is 5.56. The molecule has 0 fully saturated rings. The highest BCUT2D eigenvalue weighted by atomic mass is 28.4. The van der Waals surface area contributed by atoms with Crippen molar-refractivity contribution < 1.29 is 4.80 Å². The molecule has 16 heavy (non-hydrogen) atoms. The minimum Gasteiger partial charge on any atom is -0.428 e. The molecule has 0 heterocycles. The van der Waals surface area contributed by atoms with Crippen LogP contribution in [0.3, 0.4) is 0 Å². The van der Waals surface area contributed by atoms with Crippen LogP contribution >= 0.6 is 0 Å². The van der Waals surface area contributed by atoms with Gasteiger partial charge in [0.1, 0.15) is 0 Å². The predicted octanol–water partition coefficient (Wildman–Crippen LogP) is 1.06. The van der Waals surface area contributed by atoms with Crippen molar-refractivity contribution in [3.63, 3.8) is 0 Å². The molecular formula is C12H23NOSi2. The molecule has 0 aliphatic rings. The average molecular weight is 253 g/mol. The number of hydrogen-bond acceptors (Lipinski definition) is 2. The zero-order chi connectivity index (χ0) is 12.6. The van der Waals surface area contributed by atoms with Gasteiger partial charge in [0, 0.05) is 0 Å². The van der Waals surface area contributed by atoms with Crippen LogP contribution < -0.4 is 10.4 Å². The van der Waals surface area contributed by atoms with Crippen molar-refractivity contribution in [2.24, 2.45) is 0 Å². The maximum absolute atomic E-state index is 10.4. The first kappa shape index (κ1) is 13.6. The van der Waals surface area contributed by atoms with Gasteiger partial charge in [-0.05, 0) is 37.6 Å². The molecule has 0 spiro atoms. The largest absolute Gasteiger partial charge is 0.428 e. The van der Waals surface area contributed by atoms with Crippen LogP contribution in [0, 0.1) is 0 Å². The van der Waals surface area contributed by atoms with Crippen LogP contribution in [0.1, 0.15) is 0 Å². The molecule has 0 radical (unpaired) electrons. The smallest absolute Gasteiger partial charge is 0.213 e. The lowest BCUT2D eigenvalue weighted by Gasteiger charge is -2.34. The van der Waals surface area contributed by atoms with E-state index in [1.165, 1.54) is 10.4 Å². The van der Waals surface area contributed by atoms with Gasteiger partial charge in [0.15, 0.2) is 8.24 Å². The third-order valence-electron chi connectivity index (χ3n) is 3.36. The molecule has 1 aromatic rings. The van der Waals surface area contributed by atoms with Gasteiger partial charge in [-0.1, -0.05) is 37.4 Å². The third-order valence-corrected chi connectivity index (χ3v) is 9.36. The van der Waals surface area contributed by atoms with Gasteiger partial charge in [0.25, 0.3) is 0 Å². The molecule has 0 atom stereocenters. The van der Waals surface area contributed by atoms with Gasteiger partial charge in [-0.25, -0.2) is 0 Å². The van der Waals surface area contributed by atoms with E-state index in [4.69, 9.17) is 0 Å². The van der Waals surface area contributed by atoms with Gasteiger partial charge < -0.3 is 9.36 Å². The molecule has 0 bridgehead atoms. The molecule has 2 nitrogen and oxygen atoms in total. The molecule has 0 aromatic heterocycles. The van der Waals surface area contributed by atoms with Crippen molar-refractivity contribution in [1.82, 2.24) is 4.57 Å². The summed E-state index contributed by atoms with van der Waals surface area (Å²) in [5.74, 6) is 0. The first-order valence-electron chi connectivity index (χ1n) is 5.67. The third kappa shape index (κ3) is 2.63. The van der Waals surface area contributed by atoms with Crippen LogP contribution in [0.5, 0.6) is 0 Å². The van der Waals surface area contributed by atoms with Gasteiger partial charge in [0.05, 0.1) is 0 Å². The van der Waals surface area contributed by atoms with E-state index >= 15 is 0 Å². The summed E-state index contributed by atoms with van der Waals surface area (Å²) in [6.07, 6.45) is 0. The number of nitrogens with zero attached hydrogens (tertiary/aromatic N) is 1. The van der Waals surface area contributed by atoms with Crippen LogP contribution in [0.25, 0.3) is 0 Å². The molecule has 0 saturated heterocycles. The van der Waals surface area contributed by atoms with E-state index in [1.807, 2.05) is 19.2 Å². The van der Waals surface area contributed by atoms with Crippen LogP contribution in [-0.2, 0) is 0 Å². The van der Waals surface area contributed by atoms with Crippen molar-refractivity contribution in [1.29, 1.82) is 0 Å². The number of benzene rings is 1. The highest BCUT2D eigenvalue weighted by Gasteiger charge is 2.33. The van der Waals surface area contributed by atoms with E-state index in [2.05, 4.69) is 50.0 Å². The molecule has 0 aliphatic heterocycles. The average Bonchev–Trinajstić information content (AvgIpc) is 2.16. The summed E-state index contributed by atoms with van der Waals surface area (Å²) in [5.41, 5.74) is 0. The molecule has 0 aliphatic carbocycles. The summed E-state index contributed by atoms with van der Waals surface area (Å²) in [5, 5.41) is 2.57. The van der Waals surface area contributed by atoms with E-state index < -0.39 is 16.6 Å². The summed E-state index contributed by atoms with van der Waals surface area (Å²) in [4.78, 5) is 10.4. The molecule has 90 valence electrons. The molecular weight excluding hydrogens is 230 g/mol. The fourth-order valence-corrected chi connectivity index (χ4v) is 6.60. The standard InChI is InChI=1S/C12H23NOSi2/c1-13(2)15(3,4)11-9-7-8-10-12(11)16(5,6)14/h7-10,14H,1-6H3. The normalized spacial score (nSPS) is 13.2. The summed E-state index contributed by atoms with van der Waals surface area (Å²) < 4.78 is 2.33. The summed E-state index contributed by atoms with van der Waals surface area (Å²) in [6, 6.07) is 8.40. The Hall–Kier alpha value is -0.426. The fraction of sp³-hybridized carbons (Fsp3) is 0.500. The SMILES string of the molecule is CN(C)[Si](C)(C)c1ccccc1[Si](C)(C)O. The minimum atomic E-state index is -2.23. The molecule has 1 aromatic carbocycles. The summed E-state index contributed by atoms with van der Waals surface area (Å²) in [7, 11) is 0.439. The quantitative estimate of drug-likeness (QED) is 0.815. The monoisotopic (exact) mass is 253 g/mol. The highest BCUT2D eigenvalue weighted by Crippen LogP contribution is 2.07. The van der Waals surface area contributed by atoms with E-state index in [9.17, 15) is 4.80 Å². The van der Waals surface area contributed by atoms with E-state index in [1.54, 1.807) is 0 Å². The van der Waals surface area contributed by atoms with Crippen LogP contribution in [0.15, 0.2) is 24.3 Å². The lowest BCUT2D eigenvalue weighted by molar-refractivity contribution is 0.568. The number of hydrogen-bond donors (Lipinski definition) is 1. The highest BCUT2D eigenvalue weighted by molar-refractivity contribution is 6.95. The molecule has 0 saturated carbocycles. The van der Waals surface area contributed by atoms with Crippen LogP contribution in [-0.4, -0.2) is 40.0 Å². The van der Waals surface area contributed by atoms with Crippen molar-refractivity contribution >= 4 is 26.9 Å². The Morgan fingerprint density at radius 1 is 0.938 bits per heavy atom. The van der Waals surface area contributed by atoms with Gasteiger partial charge in [-0.2, -0.15) is 0 Å². The lowest BCUT2D eigenvalue weighted by atomic mass is 10.4. The Balaban J connectivity index is 3.35. The molecule has 0 unspecified atom stereocenters. The van der Waals surface area contributed by atoms with E-state index in [-0.39, 0.29) is 0 Å². The van der Waals surface area contributed by atoms with Crippen molar-refractivity contribution in [3.05, 3.63) is 24.3 Å². The van der Waals surface area contributed by atoms with Crippen molar-refractivity contribution in [2.75, 3.05) is 14.1 Å². The lowest BCUT2D eigenvalue weighted by Crippen LogP contribution is -2.64. The topological polar surface area (TPSA) is 23.5 Å². The zero-order valence-electron chi connectivity index (χ0n) is 11.2. The second kappa shape index (κ2) is 4.45. The Morgan fingerprint density at radius 3 is 1.75 bits per heavy atom. The van der Waals surface area contributed by atoms with Crippen LogP contribution in [0.2, 0.25) is 26.2 Å². The summed E-state index contributed by atoms with van der Waals surface area (Å²) >= 11 is 0. The first-order valence-corrected chi connectivity index (χ1v) is 11.6. The van der Waals surface area contributed by atoms with Crippen molar-refractivity contribution in [3.8, 4) is 0 Å². The van der Waals surface area contributed by atoms with Gasteiger partial charge in [0.2, 0.25) is 8.32 Å². The zero-order valence-corrected chi connectivity index (χ0v) is 13.2. The Morgan fingerprint density at radius 2 is 1.38 bits per heavy atom. The predicted molar refractivity (Wildman–Crippen MR) is 76.6 cm³/mol. The Kier molecular flexibility index (Phi) is 3.79. The number of rotatable bonds is 3. The molecule has 1 rings (SSSR count). The molecule has 0 amide bonds. The fourth-order valence-electron chi connectivity index (χ4n) is 1.79. The Bertz CT molecular complexity index is 370. The van der Waals surface area contributed by atoms with Gasteiger partial charge in [-0.3, -0.25) is 0 Å². The van der Waals surface area contributed by atoms with E-state index in [0.29, 0.717) is 0 Å². The van der Waals surface area contributed by atoms with Crippen LogP contribution in [0.4, 0.5) is 0 Å². The minimum absolute atomic E-state index is 1.19. The molecule has 4 heteroatoms. The van der Waals surface area contributed by atoms with Crippen molar-refractivity contribution in [2.45, 2.75) is 26.2 Å². The Labute approximate surface area is 101 Å². The summed E-state index contributed by atoms with van der Waals surface area (Å²) in [6.45, 7) is 8.63. The maximum atomic E-state index is 10.4. The maximum Gasteiger partial charge on any atom is 0.213 e. The first-order chi connectivity index (χ1) is 7.17. The molecule has 1 N–H and O–H groups in total. The van der Waals surface area contributed by atoms with Gasteiger partial charge in [-0.15, -0.1) is 0 Å². The van der Waals surface area contributed by atoms with Gasteiger partial charge >= 0.3 is 0 Å². The van der Waals surface area contributed by atoms with E-state index in [0.717, 1.165) is 0 Å².